The van der Waals surface area contributed by atoms with Gasteiger partial charge in [-0.3, -0.25) is 4.68 Å². The van der Waals surface area contributed by atoms with E-state index in [0.29, 0.717) is 10.6 Å². The van der Waals surface area contributed by atoms with Crippen LogP contribution >= 0.6 is 11.6 Å². The highest BCUT2D eigenvalue weighted by Crippen LogP contribution is 2.54. The van der Waals surface area contributed by atoms with E-state index in [2.05, 4.69) is 45.8 Å². The molecule has 4 rings (SSSR count). The number of anilines is 1. The van der Waals surface area contributed by atoms with E-state index < -0.39 is 5.60 Å². The SMILES string of the molecule is CN(C)CCCn1cc(C#Cc2cnc(Cl)cc2N2CCC3(CC2)CC(C)(O)C3)cn1. The third-order valence-electron chi connectivity index (χ3n) is 6.49. The second kappa shape index (κ2) is 8.82. The lowest BCUT2D eigenvalue weighted by molar-refractivity contribution is -0.124. The van der Waals surface area contributed by atoms with Crippen molar-refractivity contribution >= 4 is 17.3 Å². The molecule has 7 heteroatoms. The molecule has 2 aromatic heterocycles. The highest BCUT2D eigenvalue weighted by molar-refractivity contribution is 6.29. The fraction of sp³-hybridized carbons (Fsp3) is 0.583. The quantitative estimate of drug-likeness (QED) is 0.569. The van der Waals surface area contributed by atoms with Gasteiger partial charge in [0.1, 0.15) is 5.15 Å². The maximum atomic E-state index is 10.2. The van der Waals surface area contributed by atoms with Crippen molar-refractivity contribution in [3.8, 4) is 11.8 Å². The Balaban J connectivity index is 1.44. The molecule has 2 aliphatic rings. The highest BCUT2D eigenvalue weighted by Gasteiger charge is 2.51. The second-order valence-electron chi connectivity index (χ2n) is 9.76. The van der Waals surface area contributed by atoms with Gasteiger partial charge in [-0.05, 0) is 65.1 Å². The summed E-state index contributed by atoms with van der Waals surface area (Å²) in [5.41, 5.74) is 2.67. The number of nitrogens with zero attached hydrogens (tertiary/aromatic N) is 5. The van der Waals surface area contributed by atoms with Crippen LogP contribution in [0.2, 0.25) is 5.15 Å². The van der Waals surface area contributed by atoms with E-state index in [1.54, 1.807) is 6.20 Å². The van der Waals surface area contributed by atoms with Crippen molar-refractivity contribution in [1.29, 1.82) is 0 Å². The van der Waals surface area contributed by atoms with Gasteiger partial charge in [0.05, 0.1) is 28.6 Å². The monoisotopic (exact) mass is 441 g/mol. The fourth-order valence-electron chi connectivity index (χ4n) is 5.16. The topological polar surface area (TPSA) is 57.4 Å². The summed E-state index contributed by atoms with van der Waals surface area (Å²) in [6.45, 7) is 5.78. The zero-order chi connectivity index (χ0) is 22.1. The molecule has 2 aromatic rings. The summed E-state index contributed by atoms with van der Waals surface area (Å²) in [7, 11) is 4.16. The minimum Gasteiger partial charge on any atom is -0.390 e. The highest BCUT2D eigenvalue weighted by atomic mass is 35.5. The van der Waals surface area contributed by atoms with Crippen LogP contribution in [0.5, 0.6) is 0 Å². The lowest BCUT2D eigenvalue weighted by Crippen LogP contribution is -2.54. The number of aryl methyl sites for hydroxylation is 1. The predicted octanol–water partition coefficient (Wildman–Crippen LogP) is 3.41. The van der Waals surface area contributed by atoms with Gasteiger partial charge < -0.3 is 14.9 Å². The van der Waals surface area contributed by atoms with Crippen LogP contribution in [0.15, 0.2) is 24.7 Å². The lowest BCUT2D eigenvalue weighted by atomic mass is 9.56. The summed E-state index contributed by atoms with van der Waals surface area (Å²) in [4.78, 5) is 8.80. The largest absolute Gasteiger partial charge is 0.390 e. The average molecular weight is 442 g/mol. The van der Waals surface area contributed by atoms with Crippen molar-refractivity contribution in [3.63, 3.8) is 0 Å². The Hall–Kier alpha value is -2.07. The van der Waals surface area contributed by atoms with Gasteiger partial charge in [0.2, 0.25) is 0 Å². The van der Waals surface area contributed by atoms with Crippen LogP contribution < -0.4 is 4.90 Å². The Morgan fingerprint density at radius 2 is 1.94 bits per heavy atom. The minimum absolute atomic E-state index is 0.309. The average Bonchev–Trinajstić information content (AvgIpc) is 3.13. The summed E-state index contributed by atoms with van der Waals surface area (Å²) < 4.78 is 1.95. The van der Waals surface area contributed by atoms with Crippen molar-refractivity contribution < 1.29 is 5.11 Å². The first-order valence-electron chi connectivity index (χ1n) is 11.1. The number of hydrogen-bond donors (Lipinski definition) is 1. The van der Waals surface area contributed by atoms with Crippen molar-refractivity contribution in [3.05, 3.63) is 40.9 Å². The van der Waals surface area contributed by atoms with E-state index in [4.69, 9.17) is 11.6 Å². The zero-order valence-corrected chi connectivity index (χ0v) is 19.5. The number of piperidine rings is 1. The van der Waals surface area contributed by atoms with Crippen molar-refractivity contribution in [2.24, 2.45) is 5.41 Å². The first-order valence-corrected chi connectivity index (χ1v) is 11.4. The molecule has 6 nitrogen and oxygen atoms in total. The van der Waals surface area contributed by atoms with Gasteiger partial charge in [0.25, 0.3) is 0 Å². The maximum Gasteiger partial charge on any atom is 0.131 e. The van der Waals surface area contributed by atoms with Gasteiger partial charge in [-0.2, -0.15) is 5.10 Å². The minimum atomic E-state index is -0.477. The molecular formula is C24H32ClN5O. The molecule has 3 heterocycles. The summed E-state index contributed by atoms with van der Waals surface area (Å²) >= 11 is 6.22. The van der Waals surface area contributed by atoms with Crippen LogP contribution in [0.25, 0.3) is 0 Å². The first kappa shape index (κ1) is 22.1. The van der Waals surface area contributed by atoms with E-state index in [1.165, 1.54) is 0 Å². The number of aliphatic hydroxyl groups is 1. The molecule has 1 spiro atoms. The molecular weight excluding hydrogens is 410 g/mol. The molecule has 0 atom stereocenters. The molecule has 0 bridgehead atoms. The second-order valence-corrected chi connectivity index (χ2v) is 10.1. The van der Waals surface area contributed by atoms with Crippen LogP contribution in [0, 0.1) is 17.3 Å². The van der Waals surface area contributed by atoms with Crippen LogP contribution in [-0.4, -0.2) is 64.1 Å². The van der Waals surface area contributed by atoms with E-state index in [0.717, 1.165) is 75.1 Å². The standard InChI is InChI=1S/C24H32ClN5O/c1-23(31)17-24(18-23)7-11-29(12-8-24)21-13-22(25)26-15-20(21)6-5-19-14-27-30(16-19)10-4-9-28(2)3/h13-16,31H,4,7-12,17-18H2,1-3H3. The predicted molar refractivity (Wildman–Crippen MR) is 124 cm³/mol. The summed E-state index contributed by atoms with van der Waals surface area (Å²) in [5.74, 6) is 6.53. The maximum absolute atomic E-state index is 10.2. The number of hydrogen-bond acceptors (Lipinski definition) is 5. The Morgan fingerprint density at radius 3 is 2.61 bits per heavy atom. The van der Waals surface area contributed by atoms with Gasteiger partial charge in [0, 0.05) is 38.1 Å². The van der Waals surface area contributed by atoms with Crippen molar-refractivity contribution in [2.45, 2.75) is 51.2 Å². The molecule has 0 aromatic carbocycles. The van der Waals surface area contributed by atoms with Gasteiger partial charge >= 0.3 is 0 Å². The zero-order valence-electron chi connectivity index (χ0n) is 18.7. The molecule has 0 radical (unpaired) electrons. The molecule has 1 aliphatic heterocycles. The van der Waals surface area contributed by atoms with Crippen LogP contribution in [0.4, 0.5) is 5.69 Å². The first-order chi connectivity index (χ1) is 14.7. The Bertz CT molecular complexity index is 969. The van der Waals surface area contributed by atoms with Crippen LogP contribution in [-0.2, 0) is 6.54 Å². The Kier molecular flexibility index (Phi) is 6.30. The Labute approximate surface area is 190 Å². The summed E-state index contributed by atoms with van der Waals surface area (Å²) in [6, 6.07) is 1.92. The molecule has 0 amide bonds. The van der Waals surface area contributed by atoms with Gasteiger partial charge in [0.15, 0.2) is 0 Å². The molecule has 1 N–H and O–H groups in total. The van der Waals surface area contributed by atoms with E-state index in [9.17, 15) is 5.11 Å². The number of pyridine rings is 1. The van der Waals surface area contributed by atoms with Gasteiger partial charge in [-0.1, -0.05) is 23.4 Å². The molecule has 166 valence electrons. The molecule has 1 aliphatic carbocycles. The number of aromatic nitrogens is 3. The van der Waals surface area contributed by atoms with Crippen molar-refractivity contribution in [1.82, 2.24) is 19.7 Å². The van der Waals surface area contributed by atoms with E-state index in [-0.39, 0.29) is 0 Å². The van der Waals surface area contributed by atoms with Gasteiger partial charge in [-0.25, -0.2) is 4.98 Å². The smallest absolute Gasteiger partial charge is 0.131 e. The molecule has 0 unspecified atom stereocenters. The lowest BCUT2D eigenvalue weighted by Gasteiger charge is -2.55. The molecule has 1 saturated carbocycles. The van der Waals surface area contributed by atoms with Crippen LogP contribution in [0.3, 0.4) is 0 Å². The van der Waals surface area contributed by atoms with Crippen molar-refractivity contribution in [2.75, 3.05) is 38.6 Å². The third-order valence-corrected chi connectivity index (χ3v) is 6.70. The normalized spacial score (nSPS) is 19.2. The molecule has 2 fully saturated rings. The van der Waals surface area contributed by atoms with E-state index >= 15 is 0 Å². The van der Waals surface area contributed by atoms with Gasteiger partial charge in [-0.15, -0.1) is 0 Å². The molecule has 31 heavy (non-hydrogen) atoms. The Morgan fingerprint density at radius 1 is 1.19 bits per heavy atom. The summed E-state index contributed by atoms with van der Waals surface area (Å²) in [6.07, 6.45) is 10.7. The number of rotatable bonds is 5. The number of halogens is 1. The molecule has 1 saturated heterocycles. The van der Waals surface area contributed by atoms with Crippen LogP contribution in [0.1, 0.15) is 50.2 Å². The van der Waals surface area contributed by atoms with E-state index in [1.807, 2.05) is 30.1 Å². The fourth-order valence-corrected chi connectivity index (χ4v) is 5.31. The summed E-state index contributed by atoms with van der Waals surface area (Å²) in [5, 5.41) is 15.1. The third kappa shape index (κ3) is 5.41.